The van der Waals surface area contributed by atoms with E-state index < -0.39 is 18.8 Å². The third-order valence-corrected chi connectivity index (χ3v) is 1.11. The van der Waals surface area contributed by atoms with Gasteiger partial charge in [0.15, 0.2) is 0 Å². The molecule has 0 aromatic heterocycles. The average molecular weight is 161 g/mol. The van der Waals surface area contributed by atoms with Crippen molar-refractivity contribution in [3.63, 3.8) is 0 Å². The summed E-state index contributed by atoms with van der Waals surface area (Å²) in [5.41, 5.74) is 7.84. The van der Waals surface area contributed by atoms with Gasteiger partial charge in [-0.05, 0) is 5.53 Å². The number of nitrogens with zero attached hydrogens (tertiary/aromatic N) is 3. The fraction of sp³-hybridized carbons (Fsp3) is 1.00. The van der Waals surface area contributed by atoms with E-state index in [1.54, 1.807) is 0 Å². The largest absolute Gasteiger partial charge is 0.394 e. The monoisotopic (exact) mass is 161 g/mol. The molecular weight excluding hydrogens is 150 g/mol. The Morgan fingerprint density at radius 1 is 1.36 bits per heavy atom. The molecule has 0 radical (unpaired) electrons. The molecule has 0 aliphatic carbocycles. The second-order valence-corrected chi connectivity index (χ2v) is 2.14. The molecule has 6 heteroatoms. The first-order chi connectivity index (χ1) is 5.20. The summed E-state index contributed by atoms with van der Waals surface area (Å²) < 4.78 is 0. The van der Waals surface area contributed by atoms with E-state index in [4.69, 9.17) is 20.9 Å². The lowest BCUT2D eigenvalue weighted by atomic mass is 10.2. The van der Waals surface area contributed by atoms with Gasteiger partial charge >= 0.3 is 0 Å². The minimum absolute atomic E-state index is 0.0233. The van der Waals surface area contributed by atoms with E-state index in [-0.39, 0.29) is 13.0 Å². The van der Waals surface area contributed by atoms with Crippen molar-refractivity contribution in [2.24, 2.45) is 5.11 Å². The summed E-state index contributed by atoms with van der Waals surface area (Å²) >= 11 is 0. The van der Waals surface area contributed by atoms with Crippen molar-refractivity contribution >= 4 is 0 Å². The maximum atomic E-state index is 8.95. The van der Waals surface area contributed by atoms with Crippen molar-refractivity contribution < 1.29 is 15.3 Å². The Hall–Kier alpha value is -0.810. The molecule has 0 bridgehead atoms. The molecule has 0 fully saturated rings. The van der Waals surface area contributed by atoms with Crippen LogP contribution in [0, 0.1) is 0 Å². The smallest absolute Gasteiger partial charge is 0.0795 e. The Bertz CT molecular complexity index is 146. The van der Waals surface area contributed by atoms with Gasteiger partial charge in [0.05, 0.1) is 25.4 Å². The molecule has 2 unspecified atom stereocenters. The lowest BCUT2D eigenvalue weighted by Gasteiger charge is -2.10. The average Bonchev–Trinajstić information content (AvgIpc) is 2.00. The molecule has 0 rings (SSSR count). The van der Waals surface area contributed by atoms with E-state index in [0.717, 1.165) is 0 Å². The minimum atomic E-state index is -0.945. The molecule has 0 saturated carbocycles. The normalized spacial score (nSPS) is 15.2. The van der Waals surface area contributed by atoms with Crippen LogP contribution in [-0.2, 0) is 0 Å². The third-order valence-electron chi connectivity index (χ3n) is 1.11. The van der Waals surface area contributed by atoms with Crippen LogP contribution in [0.15, 0.2) is 5.11 Å². The van der Waals surface area contributed by atoms with Crippen LogP contribution in [0.2, 0.25) is 0 Å². The summed E-state index contributed by atoms with van der Waals surface area (Å²) in [5.74, 6) is 0. The van der Waals surface area contributed by atoms with Gasteiger partial charge in [0.1, 0.15) is 0 Å². The first-order valence-corrected chi connectivity index (χ1v) is 3.18. The first kappa shape index (κ1) is 10.2. The van der Waals surface area contributed by atoms with E-state index in [9.17, 15) is 0 Å². The number of hydrogen-bond donors (Lipinski definition) is 3. The van der Waals surface area contributed by atoms with Gasteiger partial charge < -0.3 is 15.3 Å². The summed E-state index contributed by atoms with van der Waals surface area (Å²) in [4.78, 5) is 2.43. The number of aliphatic hydroxyl groups is 3. The third kappa shape index (κ3) is 5.63. The Labute approximate surface area is 63.7 Å². The number of aliphatic hydroxyl groups excluding tert-OH is 3. The molecule has 0 heterocycles. The van der Waals surface area contributed by atoms with Gasteiger partial charge in [-0.1, -0.05) is 5.11 Å². The Kier molecular flexibility index (Phi) is 5.50. The summed E-state index contributed by atoms with van der Waals surface area (Å²) in [6.45, 7) is -0.471. The summed E-state index contributed by atoms with van der Waals surface area (Å²) in [6, 6.07) is 0. The van der Waals surface area contributed by atoms with Crippen LogP contribution in [0.25, 0.3) is 10.4 Å². The van der Waals surface area contributed by atoms with Crippen LogP contribution in [0.4, 0.5) is 0 Å². The molecule has 0 aromatic rings. The Balaban J connectivity index is 3.50. The predicted molar refractivity (Wildman–Crippen MR) is 37.7 cm³/mol. The highest BCUT2D eigenvalue weighted by molar-refractivity contribution is 4.64. The van der Waals surface area contributed by atoms with Gasteiger partial charge in [0.25, 0.3) is 0 Å². The zero-order valence-corrected chi connectivity index (χ0v) is 5.96. The molecule has 0 aliphatic heterocycles. The molecule has 6 nitrogen and oxygen atoms in total. The lowest BCUT2D eigenvalue weighted by Crippen LogP contribution is -2.22. The van der Waals surface area contributed by atoms with Crippen molar-refractivity contribution in [2.75, 3.05) is 13.2 Å². The fourth-order valence-electron chi connectivity index (χ4n) is 0.594. The zero-order valence-electron chi connectivity index (χ0n) is 5.96. The van der Waals surface area contributed by atoms with Gasteiger partial charge in [0.2, 0.25) is 0 Å². The van der Waals surface area contributed by atoms with Gasteiger partial charge in [-0.15, -0.1) is 0 Å². The standard InChI is InChI=1S/C5H11N3O3/c6-8-7-2-4(10)1-5(11)3-9/h4-5,9-11H,1-3H2. The number of rotatable bonds is 5. The van der Waals surface area contributed by atoms with Crippen molar-refractivity contribution in [2.45, 2.75) is 18.6 Å². The molecular formula is C5H11N3O3. The van der Waals surface area contributed by atoms with Gasteiger partial charge in [-0.25, -0.2) is 0 Å². The molecule has 2 atom stereocenters. The Morgan fingerprint density at radius 2 is 2.00 bits per heavy atom. The van der Waals surface area contributed by atoms with Crippen molar-refractivity contribution in [1.82, 2.24) is 0 Å². The highest BCUT2D eigenvalue weighted by Crippen LogP contribution is 1.97. The van der Waals surface area contributed by atoms with E-state index in [0.29, 0.717) is 0 Å². The van der Waals surface area contributed by atoms with Crippen LogP contribution in [0.3, 0.4) is 0 Å². The van der Waals surface area contributed by atoms with E-state index in [1.807, 2.05) is 0 Å². The maximum absolute atomic E-state index is 8.95. The quantitative estimate of drug-likeness (QED) is 0.284. The number of hydrogen-bond acceptors (Lipinski definition) is 4. The van der Waals surface area contributed by atoms with E-state index in [2.05, 4.69) is 10.0 Å². The summed E-state index contributed by atoms with van der Waals surface area (Å²) in [7, 11) is 0. The maximum Gasteiger partial charge on any atom is 0.0795 e. The van der Waals surface area contributed by atoms with Gasteiger partial charge in [0, 0.05) is 11.3 Å². The first-order valence-electron chi connectivity index (χ1n) is 3.18. The van der Waals surface area contributed by atoms with Crippen LogP contribution in [0.5, 0.6) is 0 Å². The van der Waals surface area contributed by atoms with Crippen LogP contribution in [-0.4, -0.2) is 40.7 Å². The van der Waals surface area contributed by atoms with Gasteiger partial charge in [-0.3, -0.25) is 0 Å². The van der Waals surface area contributed by atoms with E-state index in [1.165, 1.54) is 0 Å². The van der Waals surface area contributed by atoms with Crippen molar-refractivity contribution in [3.05, 3.63) is 10.4 Å². The molecule has 0 aromatic carbocycles. The molecule has 11 heavy (non-hydrogen) atoms. The minimum Gasteiger partial charge on any atom is -0.394 e. The molecule has 0 amide bonds. The van der Waals surface area contributed by atoms with E-state index >= 15 is 0 Å². The molecule has 3 N–H and O–H groups in total. The summed E-state index contributed by atoms with van der Waals surface area (Å²) in [5, 5.41) is 29.2. The lowest BCUT2D eigenvalue weighted by molar-refractivity contribution is 0.0447. The SMILES string of the molecule is [N-]=[N+]=NCC(O)CC(O)CO. The molecule has 0 aliphatic rings. The van der Waals surface area contributed by atoms with Crippen molar-refractivity contribution in [1.29, 1.82) is 0 Å². The highest BCUT2D eigenvalue weighted by Gasteiger charge is 2.09. The zero-order chi connectivity index (χ0) is 8.69. The topological polar surface area (TPSA) is 109 Å². The van der Waals surface area contributed by atoms with Crippen LogP contribution in [0.1, 0.15) is 6.42 Å². The second kappa shape index (κ2) is 5.94. The van der Waals surface area contributed by atoms with Crippen LogP contribution >= 0.6 is 0 Å². The summed E-state index contributed by atoms with van der Waals surface area (Å²) in [6.07, 6.45) is -1.80. The predicted octanol–water partition coefficient (Wildman–Crippen LogP) is -0.599. The van der Waals surface area contributed by atoms with Gasteiger partial charge in [-0.2, -0.15) is 0 Å². The molecule has 0 spiro atoms. The number of azide groups is 1. The van der Waals surface area contributed by atoms with Crippen molar-refractivity contribution in [3.8, 4) is 0 Å². The molecule has 64 valence electrons. The highest BCUT2D eigenvalue weighted by atomic mass is 16.3. The second-order valence-electron chi connectivity index (χ2n) is 2.14. The Morgan fingerprint density at radius 3 is 2.45 bits per heavy atom. The molecule has 0 saturated heterocycles. The fourth-order valence-corrected chi connectivity index (χ4v) is 0.594. The van der Waals surface area contributed by atoms with Crippen LogP contribution < -0.4 is 0 Å².